The predicted octanol–water partition coefficient (Wildman–Crippen LogP) is 2.49. The lowest BCUT2D eigenvalue weighted by Gasteiger charge is -2.32. The van der Waals surface area contributed by atoms with Gasteiger partial charge in [0, 0.05) is 23.3 Å². The minimum Gasteiger partial charge on any atom is -0.379 e. The number of hydrogen-bond acceptors (Lipinski definition) is 7. The molecule has 0 saturated carbocycles. The van der Waals surface area contributed by atoms with Crippen LogP contribution in [0.3, 0.4) is 0 Å². The van der Waals surface area contributed by atoms with E-state index in [0.717, 1.165) is 17.8 Å². The molecule has 3 N–H and O–H groups in total. The van der Waals surface area contributed by atoms with Crippen molar-refractivity contribution in [3.05, 3.63) is 47.8 Å². The molecule has 0 spiro atoms. The van der Waals surface area contributed by atoms with Crippen LogP contribution in [-0.4, -0.2) is 31.3 Å². The number of nitrogens with zero attached hydrogens (tertiary/aromatic N) is 4. The number of carbonyl (C=O) groups excluding carboxylic acids is 1. The van der Waals surface area contributed by atoms with Gasteiger partial charge in [0.25, 0.3) is 5.91 Å². The molecule has 25 heavy (non-hydrogen) atoms. The number of aromatic nitrogens is 3. The first kappa shape index (κ1) is 17.3. The van der Waals surface area contributed by atoms with Crippen molar-refractivity contribution < 1.29 is 4.79 Å². The molecule has 2 aromatic heterocycles. The molecule has 0 unspecified atom stereocenters. The first-order chi connectivity index (χ1) is 11.9. The van der Waals surface area contributed by atoms with Gasteiger partial charge < -0.3 is 11.1 Å². The largest absolute Gasteiger partial charge is 0.379 e. The van der Waals surface area contributed by atoms with Gasteiger partial charge in [-0.2, -0.15) is 0 Å². The number of aryl methyl sites for hydroxylation is 1. The predicted molar refractivity (Wildman–Crippen MR) is 99.6 cm³/mol. The number of rotatable bonds is 3. The zero-order valence-electron chi connectivity index (χ0n) is 14.4. The zero-order valence-corrected chi connectivity index (χ0v) is 15.2. The van der Waals surface area contributed by atoms with E-state index in [1.807, 2.05) is 19.9 Å². The molecule has 0 aliphatic carbocycles. The van der Waals surface area contributed by atoms with Crippen LogP contribution < -0.4 is 11.1 Å². The third-order valence-electron chi connectivity index (χ3n) is 3.95. The number of aliphatic imine (C=N–C) groups is 1. The third-order valence-corrected chi connectivity index (χ3v) is 4.85. The molecule has 7 nitrogen and oxygen atoms in total. The lowest BCUT2D eigenvalue weighted by Crippen LogP contribution is -2.33. The highest BCUT2D eigenvalue weighted by Gasteiger charge is 2.34. The smallest absolute Gasteiger partial charge is 0.275 e. The number of carbonyl (C=O) groups is 1. The second-order valence-corrected chi connectivity index (χ2v) is 7.74. The van der Waals surface area contributed by atoms with Gasteiger partial charge >= 0.3 is 0 Å². The highest BCUT2D eigenvalue weighted by atomic mass is 32.2. The summed E-state index contributed by atoms with van der Waals surface area (Å²) in [5.74, 6) is -0.314. The van der Waals surface area contributed by atoms with Gasteiger partial charge in [-0.15, -0.1) is 0 Å². The van der Waals surface area contributed by atoms with Crippen LogP contribution in [0, 0.1) is 6.92 Å². The normalized spacial score (nSPS) is 23.0. The molecule has 3 rings (SSSR count). The van der Waals surface area contributed by atoms with E-state index in [4.69, 9.17) is 5.73 Å². The minimum atomic E-state index is -0.501. The molecular weight excluding hydrogens is 336 g/mol. The second kappa shape index (κ2) is 6.79. The Labute approximate surface area is 150 Å². The van der Waals surface area contributed by atoms with E-state index >= 15 is 0 Å². The Bertz CT molecular complexity index is 822. The molecule has 0 aromatic carbocycles. The number of anilines is 1. The summed E-state index contributed by atoms with van der Waals surface area (Å²) >= 11 is 1.57. The number of nitrogens with one attached hydrogen (secondary N) is 1. The second-order valence-electron chi connectivity index (χ2n) is 6.28. The number of thioether (sulfide) groups is 1. The van der Waals surface area contributed by atoms with Gasteiger partial charge in [-0.05, 0) is 32.4 Å². The summed E-state index contributed by atoms with van der Waals surface area (Å²) in [6, 6.07) is 3.57. The molecule has 1 amide bonds. The van der Waals surface area contributed by atoms with Crippen LogP contribution in [0.4, 0.5) is 5.69 Å². The Kier molecular flexibility index (Phi) is 4.71. The van der Waals surface area contributed by atoms with E-state index in [1.54, 1.807) is 30.2 Å². The van der Waals surface area contributed by atoms with Crippen molar-refractivity contribution in [3.8, 4) is 0 Å². The standard InChI is InChI=1S/C17H20N6OS/c1-10-8-21-13(9-20-10)15(24)22-12-4-5-19-14(6-12)17(3)7-11(2)25-16(18)23-17/h4-6,8-9,11H,7H2,1-3H3,(H2,18,23)(H,19,22,24)/t11-,17+/m1/s1. The SMILES string of the molecule is Cc1cnc(C(=O)Nc2ccnc([C@]3(C)C[C@@H](C)SC(N)=N3)c2)cn1. The first-order valence-electron chi connectivity index (χ1n) is 7.94. The van der Waals surface area contributed by atoms with Crippen LogP contribution in [0.25, 0.3) is 0 Å². The van der Waals surface area contributed by atoms with Crippen LogP contribution >= 0.6 is 11.8 Å². The average molecular weight is 356 g/mol. The van der Waals surface area contributed by atoms with Crippen LogP contribution in [0.2, 0.25) is 0 Å². The Morgan fingerprint density at radius 1 is 1.36 bits per heavy atom. The summed E-state index contributed by atoms with van der Waals surface area (Å²) in [4.78, 5) is 29.5. The molecule has 0 fully saturated rings. The molecule has 2 aromatic rings. The van der Waals surface area contributed by atoms with Crippen molar-refractivity contribution in [2.75, 3.05) is 5.32 Å². The maximum Gasteiger partial charge on any atom is 0.275 e. The number of amides is 1. The maximum absolute atomic E-state index is 12.3. The molecule has 8 heteroatoms. The fourth-order valence-electron chi connectivity index (χ4n) is 2.79. The van der Waals surface area contributed by atoms with Crippen molar-refractivity contribution >= 4 is 28.5 Å². The van der Waals surface area contributed by atoms with Crippen LogP contribution in [0.1, 0.15) is 42.1 Å². The van der Waals surface area contributed by atoms with E-state index < -0.39 is 5.54 Å². The zero-order chi connectivity index (χ0) is 18.0. The molecule has 1 aliphatic heterocycles. The molecule has 3 heterocycles. The van der Waals surface area contributed by atoms with Gasteiger partial charge in [0.2, 0.25) is 0 Å². The van der Waals surface area contributed by atoms with Gasteiger partial charge in [0.15, 0.2) is 5.17 Å². The van der Waals surface area contributed by atoms with E-state index in [0.29, 0.717) is 16.1 Å². The summed E-state index contributed by atoms with van der Waals surface area (Å²) in [6.45, 7) is 5.95. The molecule has 0 bridgehead atoms. The lowest BCUT2D eigenvalue weighted by molar-refractivity contribution is 0.102. The molecule has 0 radical (unpaired) electrons. The van der Waals surface area contributed by atoms with Crippen LogP contribution in [0.15, 0.2) is 35.7 Å². The summed E-state index contributed by atoms with van der Waals surface area (Å²) < 4.78 is 0. The fraction of sp³-hybridized carbons (Fsp3) is 0.353. The highest BCUT2D eigenvalue weighted by Crippen LogP contribution is 2.38. The third kappa shape index (κ3) is 3.96. The number of pyridine rings is 1. The number of amidine groups is 1. The molecule has 0 saturated heterocycles. The Hall–Kier alpha value is -2.48. The Morgan fingerprint density at radius 2 is 2.16 bits per heavy atom. The summed E-state index contributed by atoms with van der Waals surface area (Å²) in [5, 5.41) is 3.75. The van der Waals surface area contributed by atoms with Crippen LogP contribution in [0.5, 0.6) is 0 Å². The van der Waals surface area contributed by atoms with Crippen molar-refractivity contribution in [3.63, 3.8) is 0 Å². The Morgan fingerprint density at radius 3 is 2.84 bits per heavy atom. The van der Waals surface area contributed by atoms with Gasteiger partial charge in [-0.3, -0.25) is 14.8 Å². The monoisotopic (exact) mass is 356 g/mol. The van der Waals surface area contributed by atoms with Gasteiger partial charge in [-0.1, -0.05) is 18.7 Å². The van der Waals surface area contributed by atoms with Gasteiger partial charge in [0.1, 0.15) is 11.2 Å². The van der Waals surface area contributed by atoms with Crippen molar-refractivity contribution in [2.45, 2.75) is 38.0 Å². The van der Waals surface area contributed by atoms with Crippen molar-refractivity contribution in [2.24, 2.45) is 10.7 Å². The molecule has 1 aliphatic rings. The topological polar surface area (TPSA) is 106 Å². The molecular formula is C17H20N6OS. The van der Waals surface area contributed by atoms with Crippen LogP contribution in [-0.2, 0) is 5.54 Å². The molecule has 130 valence electrons. The van der Waals surface area contributed by atoms with E-state index in [1.165, 1.54) is 6.20 Å². The van der Waals surface area contributed by atoms with Crippen molar-refractivity contribution in [1.29, 1.82) is 0 Å². The summed E-state index contributed by atoms with van der Waals surface area (Å²) in [6.07, 6.45) is 5.51. The van der Waals surface area contributed by atoms with E-state index in [2.05, 4.69) is 32.2 Å². The highest BCUT2D eigenvalue weighted by molar-refractivity contribution is 8.14. The quantitative estimate of drug-likeness (QED) is 0.875. The minimum absolute atomic E-state index is 0.264. The lowest BCUT2D eigenvalue weighted by atomic mass is 9.91. The summed E-state index contributed by atoms with van der Waals surface area (Å²) in [7, 11) is 0. The first-order valence-corrected chi connectivity index (χ1v) is 8.82. The Balaban J connectivity index is 1.83. The van der Waals surface area contributed by atoms with Crippen molar-refractivity contribution in [1.82, 2.24) is 15.0 Å². The van der Waals surface area contributed by atoms with Gasteiger partial charge in [-0.25, -0.2) is 9.98 Å². The number of nitrogens with two attached hydrogens (primary N) is 1. The fourth-order valence-corrected chi connectivity index (χ4v) is 3.87. The summed E-state index contributed by atoms with van der Waals surface area (Å²) in [5.41, 5.74) is 7.88. The van der Waals surface area contributed by atoms with Gasteiger partial charge in [0.05, 0.1) is 17.6 Å². The maximum atomic E-state index is 12.3. The molecule has 2 atom stereocenters. The number of hydrogen-bond donors (Lipinski definition) is 2. The van der Waals surface area contributed by atoms with E-state index in [-0.39, 0.29) is 11.6 Å². The average Bonchev–Trinajstić information content (AvgIpc) is 2.54. The van der Waals surface area contributed by atoms with E-state index in [9.17, 15) is 4.79 Å².